The maximum Gasteiger partial charge on any atom is 0.254 e. The van der Waals surface area contributed by atoms with Crippen LogP contribution in [0.25, 0.3) is 22.3 Å². The molecule has 3 heterocycles. The van der Waals surface area contributed by atoms with E-state index in [4.69, 9.17) is 4.98 Å². The number of nitrogens with zero attached hydrogens (tertiary/aromatic N) is 5. The fourth-order valence-corrected chi connectivity index (χ4v) is 4.69. The van der Waals surface area contributed by atoms with Crippen molar-refractivity contribution in [1.82, 2.24) is 24.6 Å². The first-order chi connectivity index (χ1) is 16.6. The summed E-state index contributed by atoms with van der Waals surface area (Å²) in [5, 5.41) is 8.45. The summed E-state index contributed by atoms with van der Waals surface area (Å²) in [7, 11) is 1.82. The lowest BCUT2D eigenvalue weighted by molar-refractivity contribution is 0.0785. The number of thiazole rings is 1. The van der Waals surface area contributed by atoms with Gasteiger partial charge in [-0.15, -0.1) is 11.3 Å². The van der Waals surface area contributed by atoms with Crippen LogP contribution >= 0.6 is 11.3 Å². The Hall–Kier alpha value is -3.84. The second-order valence-corrected chi connectivity index (χ2v) is 9.14. The first-order valence-electron chi connectivity index (χ1n) is 11.3. The Labute approximate surface area is 202 Å². The molecule has 6 nitrogen and oxygen atoms in total. The maximum absolute atomic E-state index is 13.6. The zero-order chi connectivity index (χ0) is 23.5. The van der Waals surface area contributed by atoms with E-state index in [1.807, 2.05) is 71.7 Å². The number of carbonyl (C=O) groups is 1. The summed E-state index contributed by atoms with van der Waals surface area (Å²) < 4.78 is 1.86. The van der Waals surface area contributed by atoms with Crippen LogP contribution in [0.3, 0.4) is 0 Å². The molecule has 0 aliphatic carbocycles. The molecule has 0 spiro atoms. The lowest BCUT2D eigenvalue weighted by Gasteiger charge is -2.17. The van der Waals surface area contributed by atoms with E-state index in [0.717, 1.165) is 39.3 Å². The van der Waals surface area contributed by atoms with E-state index in [0.29, 0.717) is 24.3 Å². The number of fused-ring (bicyclic) bond motifs is 1. The van der Waals surface area contributed by atoms with Gasteiger partial charge in [-0.2, -0.15) is 5.10 Å². The predicted molar refractivity (Wildman–Crippen MR) is 136 cm³/mol. The van der Waals surface area contributed by atoms with Gasteiger partial charge >= 0.3 is 0 Å². The SMILES string of the molecule is CCc1nc(CN(C)C(=O)c2cc(-c3ccccc3)nc3c2cnn3Cc2ccccc2)cs1. The number of benzene rings is 2. The Kier molecular flexibility index (Phi) is 6.18. The monoisotopic (exact) mass is 467 g/mol. The fourth-order valence-electron chi connectivity index (χ4n) is 3.96. The van der Waals surface area contributed by atoms with Crippen molar-refractivity contribution in [1.29, 1.82) is 0 Å². The largest absolute Gasteiger partial charge is 0.336 e. The topological polar surface area (TPSA) is 63.9 Å². The van der Waals surface area contributed by atoms with Crippen molar-refractivity contribution in [3.05, 3.63) is 100 Å². The average molecular weight is 468 g/mol. The van der Waals surface area contributed by atoms with Crippen LogP contribution in [0.2, 0.25) is 0 Å². The molecule has 0 saturated heterocycles. The minimum absolute atomic E-state index is 0.0742. The molecule has 5 rings (SSSR count). The van der Waals surface area contributed by atoms with E-state index in [1.165, 1.54) is 0 Å². The third-order valence-corrected chi connectivity index (χ3v) is 6.77. The minimum atomic E-state index is -0.0742. The molecule has 34 heavy (non-hydrogen) atoms. The van der Waals surface area contributed by atoms with Gasteiger partial charge in [-0.3, -0.25) is 4.79 Å². The Balaban J connectivity index is 1.56. The molecule has 0 fully saturated rings. The van der Waals surface area contributed by atoms with Gasteiger partial charge < -0.3 is 4.90 Å². The summed E-state index contributed by atoms with van der Waals surface area (Å²) in [6, 6.07) is 22.0. The summed E-state index contributed by atoms with van der Waals surface area (Å²) >= 11 is 1.63. The molecular weight excluding hydrogens is 442 g/mol. The molecule has 1 amide bonds. The zero-order valence-corrected chi connectivity index (χ0v) is 20.0. The summed E-state index contributed by atoms with van der Waals surface area (Å²) in [5.41, 5.74) is 5.04. The lowest BCUT2D eigenvalue weighted by Crippen LogP contribution is -2.26. The molecule has 0 aliphatic heterocycles. The van der Waals surface area contributed by atoms with Crippen molar-refractivity contribution in [2.75, 3.05) is 7.05 Å². The molecule has 2 aromatic carbocycles. The predicted octanol–water partition coefficient (Wildman–Crippen LogP) is 5.44. The molecule has 0 bridgehead atoms. The fraction of sp³-hybridized carbons (Fsp3) is 0.185. The van der Waals surface area contributed by atoms with E-state index in [2.05, 4.69) is 29.1 Å². The summed E-state index contributed by atoms with van der Waals surface area (Å²) in [4.78, 5) is 24.9. The van der Waals surface area contributed by atoms with Gasteiger partial charge in [0, 0.05) is 18.0 Å². The zero-order valence-electron chi connectivity index (χ0n) is 19.2. The normalized spacial score (nSPS) is 11.1. The van der Waals surface area contributed by atoms with Crippen molar-refractivity contribution in [2.24, 2.45) is 0 Å². The highest BCUT2D eigenvalue weighted by molar-refractivity contribution is 7.09. The molecule has 5 aromatic rings. The number of amides is 1. The molecule has 0 radical (unpaired) electrons. The number of carbonyl (C=O) groups excluding carboxylic acids is 1. The minimum Gasteiger partial charge on any atom is -0.336 e. The smallest absolute Gasteiger partial charge is 0.254 e. The lowest BCUT2D eigenvalue weighted by atomic mass is 10.1. The van der Waals surface area contributed by atoms with Crippen LogP contribution in [0.5, 0.6) is 0 Å². The van der Waals surface area contributed by atoms with E-state index >= 15 is 0 Å². The van der Waals surface area contributed by atoms with Gasteiger partial charge in [0.2, 0.25) is 0 Å². The Morgan fingerprint density at radius 2 is 1.76 bits per heavy atom. The molecule has 7 heteroatoms. The first kappa shape index (κ1) is 22.0. The van der Waals surface area contributed by atoms with Gasteiger partial charge in [-0.1, -0.05) is 67.6 Å². The average Bonchev–Trinajstić information content (AvgIpc) is 3.51. The van der Waals surface area contributed by atoms with Crippen molar-refractivity contribution in [3.63, 3.8) is 0 Å². The van der Waals surface area contributed by atoms with Crippen molar-refractivity contribution in [3.8, 4) is 11.3 Å². The number of rotatable bonds is 7. The second kappa shape index (κ2) is 9.57. The van der Waals surface area contributed by atoms with Crippen molar-refractivity contribution in [2.45, 2.75) is 26.4 Å². The first-order valence-corrected chi connectivity index (χ1v) is 12.1. The van der Waals surface area contributed by atoms with Gasteiger partial charge in [-0.05, 0) is 18.1 Å². The summed E-state index contributed by atoms with van der Waals surface area (Å²) in [6.45, 7) is 3.12. The van der Waals surface area contributed by atoms with Gasteiger partial charge in [0.25, 0.3) is 5.91 Å². The van der Waals surface area contributed by atoms with Gasteiger partial charge in [0.1, 0.15) is 0 Å². The number of aryl methyl sites for hydroxylation is 1. The van der Waals surface area contributed by atoms with Crippen LogP contribution < -0.4 is 0 Å². The van der Waals surface area contributed by atoms with Crippen molar-refractivity contribution >= 4 is 28.3 Å². The highest BCUT2D eigenvalue weighted by Gasteiger charge is 2.21. The molecule has 0 atom stereocenters. The van der Waals surface area contributed by atoms with Crippen LogP contribution in [0, 0.1) is 0 Å². The van der Waals surface area contributed by atoms with Gasteiger partial charge in [0.05, 0.1) is 46.6 Å². The molecule has 170 valence electrons. The molecule has 0 aliphatic rings. The Morgan fingerprint density at radius 1 is 1.03 bits per heavy atom. The highest BCUT2D eigenvalue weighted by Crippen LogP contribution is 2.26. The maximum atomic E-state index is 13.6. The van der Waals surface area contributed by atoms with E-state index < -0.39 is 0 Å². The summed E-state index contributed by atoms with van der Waals surface area (Å²) in [5.74, 6) is -0.0742. The van der Waals surface area contributed by atoms with Gasteiger partial charge in [-0.25, -0.2) is 14.6 Å². The van der Waals surface area contributed by atoms with Crippen molar-refractivity contribution < 1.29 is 4.79 Å². The van der Waals surface area contributed by atoms with Crippen LogP contribution in [-0.4, -0.2) is 37.6 Å². The quantitative estimate of drug-likeness (QED) is 0.320. The number of hydrogen-bond donors (Lipinski definition) is 0. The highest BCUT2D eigenvalue weighted by atomic mass is 32.1. The van der Waals surface area contributed by atoms with Crippen LogP contribution in [0.1, 0.15) is 33.5 Å². The molecule has 3 aromatic heterocycles. The van der Waals surface area contributed by atoms with Crippen LogP contribution in [0.4, 0.5) is 0 Å². The van der Waals surface area contributed by atoms with E-state index in [9.17, 15) is 4.79 Å². The summed E-state index contributed by atoms with van der Waals surface area (Å²) in [6.07, 6.45) is 2.65. The van der Waals surface area contributed by atoms with E-state index in [1.54, 1.807) is 22.4 Å². The third-order valence-electron chi connectivity index (χ3n) is 5.73. The standard InChI is InChI=1S/C27H25N5OS/c1-3-25-29-21(18-34-25)17-31(2)27(33)22-14-24(20-12-8-5-9-13-20)30-26-23(22)15-28-32(26)16-19-10-6-4-7-11-19/h4-15,18H,3,16-17H2,1-2H3. The Bertz CT molecular complexity index is 1430. The molecule has 0 N–H and O–H groups in total. The number of hydrogen-bond acceptors (Lipinski definition) is 5. The third kappa shape index (κ3) is 4.47. The molecule has 0 unspecified atom stereocenters. The van der Waals surface area contributed by atoms with Crippen LogP contribution in [-0.2, 0) is 19.5 Å². The number of aromatic nitrogens is 4. The van der Waals surface area contributed by atoms with Gasteiger partial charge in [0.15, 0.2) is 5.65 Å². The molecular formula is C27H25N5OS. The second-order valence-electron chi connectivity index (χ2n) is 8.19. The Morgan fingerprint density at radius 3 is 2.47 bits per heavy atom. The number of pyridine rings is 1. The molecule has 0 saturated carbocycles. The van der Waals surface area contributed by atoms with Crippen LogP contribution in [0.15, 0.2) is 78.3 Å². The van der Waals surface area contributed by atoms with E-state index in [-0.39, 0.29) is 5.91 Å².